The average Bonchev–Trinajstić information content (AvgIpc) is 2.80. The van der Waals surface area contributed by atoms with Gasteiger partial charge in [0.15, 0.2) is 0 Å². The molecule has 0 unspecified atom stereocenters. The summed E-state index contributed by atoms with van der Waals surface area (Å²) in [6.07, 6.45) is 0. The van der Waals surface area contributed by atoms with Gasteiger partial charge in [0, 0.05) is 25.7 Å². The lowest BCUT2D eigenvalue weighted by Gasteiger charge is -2.23. The van der Waals surface area contributed by atoms with Crippen LogP contribution in [0.3, 0.4) is 0 Å². The minimum Gasteiger partial charge on any atom is -0.481 e. The molecule has 0 aliphatic carbocycles. The van der Waals surface area contributed by atoms with Crippen LogP contribution < -0.4 is 15.9 Å². The van der Waals surface area contributed by atoms with Crippen molar-refractivity contribution in [3.8, 4) is 5.75 Å². The first-order valence-corrected chi connectivity index (χ1v) is 10.2. The Morgan fingerprint density at radius 1 is 1.16 bits per heavy atom. The summed E-state index contributed by atoms with van der Waals surface area (Å²) in [6, 6.07) is 14.3. The second kappa shape index (κ2) is 10.9. The van der Waals surface area contributed by atoms with Gasteiger partial charge in [0.1, 0.15) is 24.8 Å². The van der Waals surface area contributed by atoms with Crippen molar-refractivity contribution in [2.45, 2.75) is 19.8 Å². The monoisotopic (exact) mass is 460 g/mol. The number of aliphatic hydroxyl groups excluding tert-OH is 1. The maximum absolute atomic E-state index is 13.5. The summed E-state index contributed by atoms with van der Waals surface area (Å²) in [6.45, 7) is -0.237. The molecule has 1 aromatic heterocycles. The van der Waals surface area contributed by atoms with Crippen molar-refractivity contribution in [2.75, 3.05) is 13.1 Å². The van der Waals surface area contributed by atoms with Gasteiger partial charge in [-0.2, -0.15) is 0 Å². The predicted molar refractivity (Wildman–Crippen MR) is 117 cm³/mol. The Morgan fingerprint density at radius 2 is 1.91 bits per heavy atom. The first-order valence-electron chi connectivity index (χ1n) is 9.80. The van der Waals surface area contributed by atoms with Crippen LogP contribution in [0.4, 0.5) is 4.39 Å². The molecule has 3 aromatic rings. The highest BCUT2D eigenvalue weighted by molar-refractivity contribution is 6.30. The third-order valence-corrected chi connectivity index (χ3v) is 4.86. The molecule has 2 aromatic carbocycles. The van der Waals surface area contributed by atoms with Crippen LogP contribution >= 0.6 is 11.6 Å². The number of carbonyl (C=O) groups excluding carboxylic acids is 1. The van der Waals surface area contributed by atoms with Gasteiger partial charge >= 0.3 is 0 Å². The van der Waals surface area contributed by atoms with Gasteiger partial charge in [-0.15, -0.1) is 0 Å². The Morgan fingerprint density at radius 3 is 2.56 bits per heavy atom. The summed E-state index contributed by atoms with van der Waals surface area (Å²) in [5.41, 5.74) is 6.42. The Hall–Kier alpha value is -3.20. The van der Waals surface area contributed by atoms with E-state index in [0.717, 1.165) is 11.6 Å². The summed E-state index contributed by atoms with van der Waals surface area (Å²) < 4.78 is 24.6. The second-order valence-electron chi connectivity index (χ2n) is 6.93. The molecule has 0 radical (unpaired) electrons. The van der Waals surface area contributed by atoms with Crippen molar-refractivity contribution < 1.29 is 23.4 Å². The Kier molecular flexibility index (Phi) is 7.99. The molecule has 168 valence electrons. The summed E-state index contributed by atoms with van der Waals surface area (Å²) in [5.74, 6) is -1.94. The zero-order valence-corrected chi connectivity index (χ0v) is 17.8. The Labute approximate surface area is 188 Å². The number of rotatable bonds is 9. The molecule has 9 heteroatoms. The van der Waals surface area contributed by atoms with Gasteiger partial charge in [0.05, 0.1) is 5.02 Å². The fourth-order valence-corrected chi connectivity index (χ4v) is 3.23. The van der Waals surface area contributed by atoms with E-state index in [-0.39, 0.29) is 48.5 Å². The zero-order chi connectivity index (χ0) is 23.1. The lowest BCUT2D eigenvalue weighted by atomic mass is 10.2. The molecule has 1 heterocycles. The molecule has 3 N–H and O–H groups in total. The van der Waals surface area contributed by atoms with E-state index in [1.54, 1.807) is 0 Å². The normalized spacial score (nSPS) is 10.8. The number of aliphatic hydroxyl groups is 1. The van der Waals surface area contributed by atoms with Gasteiger partial charge in [-0.05, 0) is 23.3 Å². The number of ether oxygens (including phenoxy) is 1. The van der Waals surface area contributed by atoms with E-state index in [2.05, 4.69) is 0 Å². The highest BCUT2D eigenvalue weighted by Gasteiger charge is 2.26. The third kappa shape index (κ3) is 5.73. The summed E-state index contributed by atoms with van der Waals surface area (Å²) in [5, 5.41) is 9.35. The maximum Gasteiger partial charge on any atom is 0.294 e. The van der Waals surface area contributed by atoms with Crippen molar-refractivity contribution in [2.24, 2.45) is 5.73 Å². The van der Waals surface area contributed by atoms with Crippen LogP contribution in [0.15, 0.2) is 63.8 Å². The van der Waals surface area contributed by atoms with E-state index in [1.165, 1.54) is 23.1 Å². The molecule has 0 saturated carbocycles. The van der Waals surface area contributed by atoms with Gasteiger partial charge in [-0.1, -0.05) is 48.0 Å². The number of nitrogens with zero attached hydrogens (tertiary/aromatic N) is 1. The van der Waals surface area contributed by atoms with Gasteiger partial charge in [-0.3, -0.25) is 9.59 Å². The molecule has 0 saturated heterocycles. The fourth-order valence-electron chi connectivity index (χ4n) is 3.03. The van der Waals surface area contributed by atoms with Crippen LogP contribution in [-0.2, 0) is 19.8 Å². The molecule has 0 atom stereocenters. The molecule has 1 amide bonds. The summed E-state index contributed by atoms with van der Waals surface area (Å²) in [7, 11) is 0. The molecular weight excluding hydrogens is 439 g/mol. The number of carbonyl (C=O) groups is 1. The van der Waals surface area contributed by atoms with Crippen molar-refractivity contribution in [3.05, 3.63) is 98.3 Å². The zero-order valence-electron chi connectivity index (χ0n) is 17.1. The number of hydrogen-bond donors (Lipinski definition) is 2. The molecule has 0 spiro atoms. The van der Waals surface area contributed by atoms with Crippen LogP contribution in [-0.4, -0.2) is 29.0 Å². The highest BCUT2D eigenvalue weighted by atomic mass is 35.5. The van der Waals surface area contributed by atoms with Crippen molar-refractivity contribution in [1.82, 2.24) is 4.90 Å². The smallest absolute Gasteiger partial charge is 0.294 e. The van der Waals surface area contributed by atoms with E-state index < -0.39 is 23.8 Å². The van der Waals surface area contributed by atoms with Crippen LogP contribution in [0.5, 0.6) is 5.75 Å². The van der Waals surface area contributed by atoms with Crippen molar-refractivity contribution in [1.29, 1.82) is 0 Å². The van der Waals surface area contributed by atoms with Crippen molar-refractivity contribution in [3.63, 3.8) is 0 Å². The standard InChI is InChI=1S/C23H22ClFN2O5/c24-18-10-16(6-7-19(18)25)12-27(9-8-26)23(30)22-21(20(29)11-17(13-28)32-22)31-14-15-4-2-1-3-5-15/h1-7,10-11,28H,8-9,12-14,26H2. The number of benzene rings is 2. The van der Waals surface area contributed by atoms with Crippen LogP contribution in [0.25, 0.3) is 0 Å². The number of hydrogen-bond acceptors (Lipinski definition) is 6. The van der Waals surface area contributed by atoms with Gasteiger partial charge < -0.3 is 24.9 Å². The topological polar surface area (TPSA) is 106 Å². The molecule has 0 aliphatic rings. The molecule has 32 heavy (non-hydrogen) atoms. The summed E-state index contributed by atoms with van der Waals surface area (Å²) in [4.78, 5) is 27.3. The molecule has 0 bridgehead atoms. The molecule has 0 fully saturated rings. The lowest BCUT2D eigenvalue weighted by molar-refractivity contribution is 0.0697. The maximum atomic E-state index is 13.5. The Bertz CT molecular complexity index is 1140. The quantitative estimate of drug-likeness (QED) is 0.508. The highest BCUT2D eigenvalue weighted by Crippen LogP contribution is 2.22. The SMILES string of the molecule is NCCN(Cc1ccc(F)c(Cl)c1)C(=O)c1oc(CO)cc(=O)c1OCc1ccccc1. The number of halogens is 2. The first kappa shape index (κ1) is 23.5. The number of nitrogens with two attached hydrogens (primary N) is 1. The third-order valence-electron chi connectivity index (χ3n) is 4.58. The molecule has 7 nitrogen and oxygen atoms in total. The van der Waals surface area contributed by atoms with Crippen LogP contribution in [0.1, 0.15) is 27.4 Å². The first-order chi connectivity index (χ1) is 15.4. The predicted octanol–water partition coefficient (Wildman–Crippen LogP) is 3.10. The molecule has 3 rings (SSSR count). The molecule has 0 aliphatic heterocycles. The largest absolute Gasteiger partial charge is 0.481 e. The Balaban J connectivity index is 1.94. The minimum absolute atomic E-state index is 0.0365. The van der Waals surface area contributed by atoms with Crippen molar-refractivity contribution >= 4 is 17.5 Å². The van der Waals surface area contributed by atoms with Crippen LogP contribution in [0, 0.1) is 5.82 Å². The fraction of sp³-hybridized carbons (Fsp3) is 0.217. The number of amides is 1. The molecular formula is C23H22ClFN2O5. The minimum atomic E-state index is -0.661. The van der Waals surface area contributed by atoms with Gasteiger partial charge in [0.2, 0.25) is 16.9 Å². The van der Waals surface area contributed by atoms with Gasteiger partial charge in [-0.25, -0.2) is 4.39 Å². The van der Waals surface area contributed by atoms with E-state index in [9.17, 15) is 19.1 Å². The van der Waals surface area contributed by atoms with E-state index >= 15 is 0 Å². The van der Waals surface area contributed by atoms with Gasteiger partial charge in [0.25, 0.3) is 5.91 Å². The van der Waals surface area contributed by atoms with E-state index in [4.69, 9.17) is 26.5 Å². The lowest BCUT2D eigenvalue weighted by Crippen LogP contribution is -2.36. The average molecular weight is 461 g/mol. The summed E-state index contributed by atoms with van der Waals surface area (Å²) >= 11 is 5.85. The second-order valence-corrected chi connectivity index (χ2v) is 7.34. The van der Waals surface area contributed by atoms with E-state index in [0.29, 0.717) is 5.56 Å². The van der Waals surface area contributed by atoms with E-state index in [1.807, 2.05) is 30.3 Å². The van der Waals surface area contributed by atoms with Crippen LogP contribution in [0.2, 0.25) is 5.02 Å².